The lowest BCUT2D eigenvalue weighted by Gasteiger charge is -2.34. The molecule has 0 spiro atoms. The average Bonchev–Trinajstić information content (AvgIpc) is 3.53. The average molecular weight is 416 g/mol. The van der Waals surface area contributed by atoms with Crippen molar-refractivity contribution in [3.63, 3.8) is 0 Å². The molecule has 6 rings (SSSR count). The molecule has 0 aliphatic carbocycles. The molecular weight excluding hydrogens is 396 g/mol. The van der Waals surface area contributed by atoms with Gasteiger partial charge < -0.3 is 18.9 Å². The van der Waals surface area contributed by atoms with Crippen LogP contribution < -0.4 is 0 Å². The van der Waals surface area contributed by atoms with Gasteiger partial charge >= 0.3 is 11.9 Å². The highest BCUT2D eigenvalue weighted by Gasteiger charge is 2.67. The van der Waals surface area contributed by atoms with Crippen LogP contribution in [0.5, 0.6) is 0 Å². The van der Waals surface area contributed by atoms with Gasteiger partial charge in [-0.2, -0.15) is 0 Å². The Morgan fingerprint density at radius 1 is 0.677 bits per heavy atom. The van der Waals surface area contributed by atoms with Gasteiger partial charge in [0.15, 0.2) is 0 Å². The molecule has 156 valence electrons. The lowest BCUT2D eigenvalue weighted by molar-refractivity contribution is -0.184. The first kappa shape index (κ1) is 18.5. The summed E-state index contributed by atoms with van der Waals surface area (Å²) in [6, 6.07) is 15.3. The van der Waals surface area contributed by atoms with Crippen LogP contribution in [0.25, 0.3) is 0 Å². The zero-order chi connectivity index (χ0) is 21.5. The van der Waals surface area contributed by atoms with E-state index in [0.717, 1.165) is 22.3 Å². The largest absolute Gasteiger partial charge is 0.466 e. The van der Waals surface area contributed by atoms with E-state index in [4.69, 9.17) is 18.9 Å². The molecule has 4 bridgehead atoms. The van der Waals surface area contributed by atoms with Gasteiger partial charge in [0.25, 0.3) is 0 Å². The van der Waals surface area contributed by atoms with Crippen molar-refractivity contribution in [1.82, 2.24) is 0 Å². The minimum absolute atomic E-state index is 0.360. The standard InChI is InChI=1S/C25H20O6/c1-28-20(26)24-13-11-22(30-24,16-7-3-5-9-18(16)24)15-23-12-14-25(31-23,21(27)29-2)19-10-6-4-8-17(19)23/h3-14H,15H2,1-2H3/t22-,23?,24-,25?/m1/s1. The summed E-state index contributed by atoms with van der Waals surface area (Å²) in [4.78, 5) is 25.5. The summed E-state index contributed by atoms with van der Waals surface area (Å²) in [5, 5.41) is 0. The SMILES string of the molecule is COC(=O)C12C=CC(C[C@@]34C=C[C@@](C(=O)OC)(O3)c3ccccc34)(O1)c1ccccc12. The molecule has 6 nitrogen and oxygen atoms in total. The van der Waals surface area contributed by atoms with Crippen molar-refractivity contribution in [3.8, 4) is 0 Å². The third-order valence-electron chi connectivity index (χ3n) is 6.93. The Balaban J connectivity index is 1.49. The van der Waals surface area contributed by atoms with Crippen LogP contribution in [0.3, 0.4) is 0 Å². The molecule has 0 N–H and O–H groups in total. The van der Waals surface area contributed by atoms with E-state index in [-0.39, 0.29) is 0 Å². The predicted molar refractivity (Wildman–Crippen MR) is 109 cm³/mol. The van der Waals surface area contributed by atoms with Gasteiger partial charge in [-0.1, -0.05) is 48.5 Å². The Bertz CT molecular complexity index is 1120. The number of hydrogen-bond donors (Lipinski definition) is 0. The van der Waals surface area contributed by atoms with Crippen LogP contribution in [0.4, 0.5) is 0 Å². The van der Waals surface area contributed by atoms with Gasteiger partial charge in [-0.15, -0.1) is 0 Å². The molecule has 4 heterocycles. The van der Waals surface area contributed by atoms with E-state index < -0.39 is 34.3 Å². The normalized spacial score (nSPS) is 35.2. The van der Waals surface area contributed by atoms with Gasteiger partial charge in [0.2, 0.25) is 11.2 Å². The maximum absolute atomic E-state index is 12.8. The number of fused-ring (bicyclic) bond motifs is 10. The molecule has 2 aromatic rings. The maximum atomic E-state index is 12.8. The highest BCUT2D eigenvalue weighted by molar-refractivity contribution is 5.88. The zero-order valence-electron chi connectivity index (χ0n) is 17.1. The van der Waals surface area contributed by atoms with Crippen LogP contribution >= 0.6 is 0 Å². The van der Waals surface area contributed by atoms with Crippen LogP contribution in [-0.2, 0) is 50.9 Å². The fourth-order valence-corrected chi connectivity index (χ4v) is 5.66. The lowest BCUT2D eigenvalue weighted by atomic mass is 9.73. The predicted octanol–water partition coefficient (Wildman–Crippen LogP) is 3.10. The second kappa shape index (κ2) is 5.72. The Kier molecular flexibility index (Phi) is 3.42. The Hall–Kier alpha value is -3.22. The highest BCUT2D eigenvalue weighted by atomic mass is 16.6. The minimum Gasteiger partial charge on any atom is -0.466 e. The topological polar surface area (TPSA) is 71.1 Å². The molecule has 6 heteroatoms. The van der Waals surface area contributed by atoms with Gasteiger partial charge in [0.1, 0.15) is 11.2 Å². The third kappa shape index (κ3) is 2.00. The first-order chi connectivity index (χ1) is 15.0. The van der Waals surface area contributed by atoms with E-state index in [9.17, 15) is 9.59 Å². The number of methoxy groups -OCH3 is 2. The highest BCUT2D eigenvalue weighted by Crippen LogP contribution is 2.63. The van der Waals surface area contributed by atoms with Gasteiger partial charge in [-0.05, 0) is 35.4 Å². The molecular formula is C25H20O6. The van der Waals surface area contributed by atoms with E-state index in [0.29, 0.717) is 6.42 Å². The van der Waals surface area contributed by atoms with Crippen molar-refractivity contribution in [1.29, 1.82) is 0 Å². The number of hydrogen-bond acceptors (Lipinski definition) is 6. The molecule has 2 unspecified atom stereocenters. The fraction of sp³-hybridized carbons (Fsp3) is 0.280. The molecule has 4 aliphatic heterocycles. The second-order valence-electron chi connectivity index (χ2n) is 8.37. The summed E-state index contributed by atoms with van der Waals surface area (Å²) >= 11 is 0. The summed E-state index contributed by atoms with van der Waals surface area (Å²) in [6.45, 7) is 0. The van der Waals surface area contributed by atoms with Gasteiger partial charge in [0.05, 0.1) is 14.2 Å². The molecule has 0 amide bonds. The molecule has 0 radical (unpaired) electrons. The van der Waals surface area contributed by atoms with Crippen molar-refractivity contribution < 1.29 is 28.5 Å². The smallest absolute Gasteiger partial charge is 0.347 e. The minimum atomic E-state index is -1.28. The lowest BCUT2D eigenvalue weighted by Crippen LogP contribution is -2.37. The zero-order valence-corrected chi connectivity index (χ0v) is 17.1. The van der Waals surface area contributed by atoms with Gasteiger partial charge in [-0.3, -0.25) is 0 Å². The Labute approximate surface area is 179 Å². The van der Waals surface area contributed by atoms with Crippen LogP contribution in [0.1, 0.15) is 28.7 Å². The van der Waals surface area contributed by atoms with Crippen molar-refractivity contribution in [2.24, 2.45) is 0 Å². The summed E-state index contributed by atoms with van der Waals surface area (Å²) < 4.78 is 23.2. The van der Waals surface area contributed by atoms with Crippen molar-refractivity contribution >= 4 is 11.9 Å². The maximum Gasteiger partial charge on any atom is 0.347 e. The van der Waals surface area contributed by atoms with E-state index in [1.807, 2.05) is 60.7 Å². The molecule has 0 saturated carbocycles. The van der Waals surface area contributed by atoms with E-state index in [1.54, 1.807) is 12.2 Å². The van der Waals surface area contributed by atoms with E-state index >= 15 is 0 Å². The van der Waals surface area contributed by atoms with E-state index in [1.165, 1.54) is 14.2 Å². The summed E-state index contributed by atoms with van der Waals surface area (Å²) in [5.41, 5.74) is -1.02. The molecule has 2 aromatic carbocycles. The quantitative estimate of drug-likeness (QED) is 0.564. The first-order valence-corrected chi connectivity index (χ1v) is 10.1. The summed E-state index contributed by atoms with van der Waals surface area (Å²) in [5.74, 6) is -0.932. The number of rotatable bonds is 4. The number of ether oxygens (including phenoxy) is 4. The molecule has 0 aromatic heterocycles. The van der Waals surface area contributed by atoms with Crippen LogP contribution in [0.15, 0.2) is 72.8 Å². The Morgan fingerprint density at radius 2 is 1.06 bits per heavy atom. The molecule has 4 atom stereocenters. The number of esters is 2. The van der Waals surface area contributed by atoms with Crippen molar-refractivity contribution in [2.45, 2.75) is 28.8 Å². The van der Waals surface area contributed by atoms with Crippen molar-refractivity contribution in [3.05, 3.63) is 95.1 Å². The van der Waals surface area contributed by atoms with Gasteiger partial charge in [0, 0.05) is 17.5 Å². The molecule has 0 fully saturated rings. The summed E-state index contributed by atoms with van der Waals surface area (Å²) in [7, 11) is 2.71. The van der Waals surface area contributed by atoms with Crippen LogP contribution in [0, 0.1) is 0 Å². The monoisotopic (exact) mass is 416 g/mol. The molecule has 31 heavy (non-hydrogen) atoms. The first-order valence-electron chi connectivity index (χ1n) is 10.1. The van der Waals surface area contributed by atoms with Crippen molar-refractivity contribution in [2.75, 3.05) is 14.2 Å². The van der Waals surface area contributed by atoms with Crippen LogP contribution in [0.2, 0.25) is 0 Å². The van der Waals surface area contributed by atoms with Crippen LogP contribution in [-0.4, -0.2) is 26.2 Å². The van der Waals surface area contributed by atoms with E-state index in [2.05, 4.69) is 0 Å². The van der Waals surface area contributed by atoms with Gasteiger partial charge in [-0.25, -0.2) is 9.59 Å². The second-order valence-corrected chi connectivity index (χ2v) is 8.37. The molecule has 4 aliphatic rings. The number of carbonyl (C=O) groups excluding carboxylic acids is 2. The fourth-order valence-electron chi connectivity index (χ4n) is 5.66. The third-order valence-corrected chi connectivity index (χ3v) is 6.93. The Morgan fingerprint density at radius 3 is 1.45 bits per heavy atom. The number of benzene rings is 2. The number of carbonyl (C=O) groups is 2. The summed E-state index contributed by atoms with van der Waals surface area (Å²) in [6.07, 6.45) is 7.73. The molecule has 0 saturated heterocycles.